The summed E-state index contributed by atoms with van der Waals surface area (Å²) in [7, 11) is -8.00. The summed E-state index contributed by atoms with van der Waals surface area (Å²) in [5, 5.41) is 3.07. The monoisotopic (exact) mass is 661 g/mol. The first-order valence-corrected chi connectivity index (χ1v) is 16.0. The minimum absolute atomic E-state index is 0.0247. The zero-order valence-electron chi connectivity index (χ0n) is 21.4. The van der Waals surface area contributed by atoms with Crippen molar-refractivity contribution in [3.8, 4) is 0 Å². The summed E-state index contributed by atoms with van der Waals surface area (Å²) in [6, 6.07) is 23.4. The van der Waals surface area contributed by atoms with E-state index in [1.54, 1.807) is 61.5 Å². The SMILES string of the molecule is Cc1ccc(S(=O)(=O)N(CC(=O)Nc2ccc(S(=O)(=O)Nc3cccc(Cl)c3C)cc2)c2ccc(Br)cc2)cc1. The van der Waals surface area contributed by atoms with Crippen molar-refractivity contribution in [2.75, 3.05) is 20.9 Å². The zero-order chi connectivity index (χ0) is 29.1. The molecule has 0 fully saturated rings. The van der Waals surface area contributed by atoms with Gasteiger partial charge in [-0.1, -0.05) is 51.3 Å². The smallest absolute Gasteiger partial charge is 0.264 e. The molecule has 40 heavy (non-hydrogen) atoms. The molecular weight excluding hydrogens is 638 g/mol. The molecule has 0 saturated heterocycles. The van der Waals surface area contributed by atoms with E-state index in [-0.39, 0.29) is 9.79 Å². The number of benzene rings is 4. The highest BCUT2D eigenvalue weighted by Crippen LogP contribution is 2.27. The van der Waals surface area contributed by atoms with Gasteiger partial charge in [0.2, 0.25) is 5.91 Å². The molecule has 8 nitrogen and oxygen atoms in total. The molecule has 0 saturated carbocycles. The van der Waals surface area contributed by atoms with Crippen LogP contribution in [0.15, 0.2) is 105 Å². The molecule has 0 spiro atoms. The third-order valence-electron chi connectivity index (χ3n) is 5.97. The number of carbonyl (C=O) groups excluding carboxylic acids is 1. The number of halogens is 2. The van der Waals surface area contributed by atoms with Gasteiger partial charge in [-0.25, -0.2) is 16.8 Å². The van der Waals surface area contributed by atoms with Crippen molar-refractivity contribution < 1.29 is 21.6 Å². The van der Waals surface area contributed by atoms with Crippen molar-refractivity contribution in [3.63, 3.8) is 0 Å². The van der Waals surface area contributed by atoms with Gasteiger partial charge in [0.1, 0.15) is 6.54 Å². The maximum atomic E-state index is 13.5. The van der Waals surface area contributed by atoms with Gasteiger partial charge in [0.25, 0.3) is 20.0 Å². The fourth-order valence-electron chi connectivity index (χ4n) is 3.73. The Kier molecular flexibility index (Phi) is 8.89. The van der Waals surface area contributed by atoms with Crippen molar-refractivity contribution in [2.24, 2.45) is 0 Å². The molecule has 0 aliphatic heterocycles. The Hall–Kier alpha value is -3.38. The van der Waals surface area contributed by atoms with Crippen LogP contribution in [0.2, 0.25) is 5.02 Å². The van der Waals surface area contributed by atoms with Gasteiger partial charge in [0.15, 0.2) is 0 Å². The predicted molar refractivity (Wildman–Crippen MR) is 162 cm³/mol. The molecule has 0 unspecified atom stereocenters. The lowest BCUT2D eigenvalue weighted by Crippen LogP contribution is -2.38. The molecule has 4 aromatic rings. The number of sulfonamides is 2. The lowest BCUT2D eigenvalue weighted by Gasteiger charge is -2.24. The summed E-state index contributed by atoms with van der Waals surface area (Å²) in [5.74, 6) is -0.609. The number of anilines is 3. The van der Waals surface area contributed by atoms with Crippen LogP contribution in [0.3, 0.4) is 0 Å². The zero-order valence-corrected chi connectivity index (χ0v) is 25.4. The van der Waals surface area contributed by atoms with Gasteiger partial charge in [-0.15, -0.1) is 0 Å². The number of hydrogen-bond acceptors (Lipinski definition) is 5. The van der Waals surface area contributed by atoms with Crippen LogP contribution in [0.25, 0.3) is 0 Å². The van der Waals surface area contributed by atoms with E-state index in [4.69, 9.17) is 11.6 Å². The molecule has 2 N–H and O–H groups in total. The van der Waals surface area contributed by atoms with Crippen LogP contribution in [-0.2, 0) is 24.8 Å². The average Bonchev–Trinajstić information content (AvgIpc) is 2.91. The van der Waals surface area contributed by atoms with E-state index < -0.39 is 32.5 Å². The Morgan fingerprint density at radius 1 is 0.825 bits per heavy atom. The molecule has 208 valence electrons. The highest BCUT2D eigenvalue weighted by Gasteiger charge is 2.27. The van der Waals surface area contributed by atoms with Crippen LogP contribution in [0.1, 0.15) is 11.1 Å². The van der Waals surface area contributed by atoms with E-state index in [0.717, 1.165) is 14.3 Å². The van der Waals surface area contributed by atoms with Crippen molar-refractivity contribution in [1.29, 1.82) is 0 Å². The van der Waals surface area contributed by atoms with Crippen molar-refractivity contribution >= 4 is 70.5 Å². The highest BCUT2D eigenvalue weighted by molar-refractivity contribution is 9.10. The van der Waals surface area contributed by atoms with Gasteiger partial charge >= 0.3 is 0 Å². The lowest BCUT2D eigenvalue weighted by atomic mass is 10.2. The summed E-state index contributed by atoms with van der Waals surface area (Å²) >= 11 is 9.43. The summed E-state index contributed by atoms with van der Waals surface area (Å²) in [6.45, 7) is 3.05. The average molecular weight is 663 g/mol. The fraction of sp³-hybridized carbons (Fsp3) is 0.107. The summed E-state index contributed by atoms with van der Waals surface area (Å²) < 4.78 is 57.1. The minimum atomic E-state index is -4.07. The second-order valence-corrected chi connectivity index (χ2v) is 13.8. The molecule has 4 rings (SSSR count). The summed E-state index contributed by atoms with van der Waals surface area (Å²) in [4.78, 5) is 13.0. The van der Waals surface area contributed by atoms with E-state index in [1.165, 1.54) is 36.4 Å². The van der Waals surface area contributed by atoms with Crippen LogP contribution in [-0.4, -0.2) is 29.3 Å². The van der Waals surface area contributed by atoms with Crippen LogP contribution >= 0.6 is 27.5 Å². The van der Waals surface area contributed by atoms with Gasteiger partial charge in [-0.2, -0.15) is 0 Å². The number of hydrogen-bond donors (Lipinski definition) is 2. The molecule has 0 aliphatic carbocycles. The largest absolute Gasteiger partial charge is 0.325 e. The van der Waals surface area contributed by atoms with Gasteiger partial charge < -0.3 is 5.32 Å². The first-order valence-electron chi connectivity index (χ1n) is 11.9. The van der Waals surface area contributed by atoms with E-state index in [1.807, 2.05) is 6.92 Å². The number of nitrogens with zero attached hydrogens (tertiary/aromatic N) is 1. The van der Waals surface area contributed by atoms with E-state index >= 15 is 0 Å². The number of carbonyl (C=O) groups is 1. The van der Waals surface area contributed by atoms with E-state index in [2.05, 4.69) is 26.0 Å². The normalized spacial score (nSPS) is 11.6. The topological polar surface area (TPSA) is 113 Å². The molecule has 0 aromatic heterocycles. The predicted octanol–water partition coefficient (Wildman–Crippen LogP) is 6.35. The Morgan fingerprint density at radius 3 is 2.05 bits per heavy atom. The second kappa shape index (κ2) is 12.0. The molecule has 0 atom stereocenters. The van der Waals surface area contributed by atoms with Gasteiger partial charge in [0.05, 0.1) is 21.2 Å². The van der Waals surface area contributed by atoms with Crippen molar-refractivity contribution in [3.05, 3.63) is 112 Å². The van der Waals surface area contributed by atoms with Crippen LogP contribution in [0.5, 0.6) is 0 Å². The Morgan fingerprint density at radius 2 is 1.43 bits per heavy atom. The number of nitrogens with one attached hydrogen (secondary N) is 2. The van der Waals surface area contributed by atoms with Gasteiger partial charge in [-0.3, -0.25) is 13.8 Å². The first kappa shape index (κ1) is 29.6. The molecule has 0 heterocycles. The Labute approximate surface area is 247 Å². The molecule has 12 heteroatoms. The maximum Gasteiger partial charge on any atom is 0.264 e. The molecule has 0 bridgehead atoms. The molecular formula is C28H25BrClN3O5S2. The van der Waals surface area contributed by atoms with Crippen LogP contribution in [0, 0.1) is 13.8 Å². The molecule has 0 aliphatic rings. The lowest BCUT2D eigenvalue weighted by molar-refractivity contribution is -0.114. The Bertz CT molecular complexity index is 1750. The Balaban J connectivity index is 1.53. The first-order chi connectivity index (χ1) is 18.9. The number of amides is 1. The van der Waals surface area contributed by atoms with Gasteiger partial charge in [0, 0.05) is 15.2 Å². The minimum Gasteiger partial charge on any atom is -0.325 e. The van der Waals surface area contributed by atoms with E-state index in [0.29, 0.717) is 27.6 Å². The molecule has 0 radical (unpaired) electrons. The van der Waals surface area contributed by atoms with Gasteiger partial charge in [-0.05, 0) is 92.2 Å². The summed E-state index contributed by atoms with van der Waals surface area (Å²) in [5.41, 5.74) is 2.45. The van der Waals surface area contributed by atoms with Crippen LogP contribution < -0.4 is 14.3 Å². The third kappa shape index (κ3) is 6.84. The van der Waals surface area contributed by atoms with Crippen molar-refractivity contribution in [1.82, 2.24) is 0 Å². The fourth-order valence-corrected chi connectivity index (χ4v) is 6.71. The third-order valence-corrected chi connectivity index (χ3v) is 10.1. The van der Waals surface area contributed by atoms with E-state index in [9.17, 15) is 21.6 Å². The maximum absolute atomic E-state index is 13.5. The number of aryl methyl sites for hydroxylation is 1. The summed E-state index contributed by atoms with van der Waals surface area (Å²) in [6.07, 6.45) is 0. The van der Waals surface area contributed by atoms with Crippen molar-refractivity contribution in [2.45, 2.75) is 23.6 Å². The molecule has 1 amide bonds. The standard InChI is InChI=1S/C28H25BrClN3O5S2/c1-19-6-14-25(15-7-19)40(37,38)33(23-12-8-21(29)9-13-23)18-28(34)31-22-10-16-24(17-11-22)39(35,36)32-27-5-3-4-26(30)20(27)2/h3-17,32H,18H2,1-2H3,(H,31,34). The molecule has 4 aromatic carbocycles. The number of rotatable bonds is 9. The quantitative estimate of drug-likeness (QED) is 0.217. The van der Waals surface area contributed by atoms with Crippen LogP contribution in [0.4, 0.5) is 17.1 Å². The second-order valence-electron chi connectivity index (χ2n) is 8.89. The highest BCUT2D eigenvalue weighted by atomic mass is 79.9.